The van der Waals surface area contributed by atoms with Gasteiger partial charge in [0.15, 0.2) is 0 Å². The fourth-order valence-corrected chi connectivity index (χ4v) is 4.75. The average molecular weight is 367 g/mol. The van der Waals surface area contributed by atoms with Gasteiger partial charge in [-0.25, -0.2) is 0 Å². The molecule has 0 radical (unpaired) electrons. The molecule has 1 saturated heterocycles. The van der Waals surface area contributed by atoms with Gasteiger partial charge in [0.2, 0.25) is 5.91 Å². The van der Waals surface area contributed by atoms with Crippen LogP contribution in [0.3, 0.4) is 0 Å². The van der Waals surface area contributed by atoms with Crippen LogP contribution in [0.15, 0.2) is 30.6 Å². The first-order valence-electron chi connectivity index (χ1n) is 10.3. The summed E-state index contributed by atoms with van der Waals surface area (Å²) in [6.45, 7) is 5.66. The van der Waals surface area contributed by atoms with Gasteiger partial charge in [-0.2, -0.15) is 0 Å². The molecule has 5 heteroatoms. The molecule has 144 valence electrons. The summed E-state index contributed by atoms with van der Waals surface area (Å²) >= 11 is 0. The second-order valence-electron chi connectivity index (χ2n) is 8.49. The van der Waals surface area contributed by atoms with Gasteiger partial charge in [0.25, 0.3) is 0 Å². The molecule has 5 nitrogen and oxygen atoms in total. The number of fused-ring (bicyclic) bond motifs is 1. The molecule has 3 heterocycles. The quantitative estimate of drug-likeness (QED) is 0.906. The zero-order valence-electron chi connectivity index (χ0n) is 16.3. The number of nitrogens with one attached hydrogen (secondary N) is 1. The largest absolute Gasteiger partial charge is 0.341 e. The second kappa shape index (κ2) is 7.93. The summed E-state index contributed by atoms with van der Waals surface area (Å²) in [4.78, 5) is 24.4. The van der Waals surface area contributed by atoms with Gasteiger partial charge in [-0.1, -0.05) is 26.2 Å². The summed E-state index contributed by atoms with van der Waals surface area (Å²) in [5, 5.41) is 3.54. The number of rotatable bonds is 3. The lowest BCUT2D eigenvalue weighted by molar-refractivity contribution is -0.143. The van der Waals surface area contributed by atoms with Gasteiger partial charge in [-0.05, 0) is 48.9 Å². The minimum Gasteiger partial charge on any atom is -0.341 e. The maximum absolute atomic E-state index is 13.3. The maximum Gasteiger partial charge on any atom is 0.228 e. The van der Waals surface area contributed by atoms with E-state index in [9.17, 15) is 4.79 Å². The van der Waals surface area contributed by atoms with Gasteiger partial charge >= 0.3 is 0 Å². The molecular formula is C22H30N4O. The van der Waals surface area contributed by atoms with Gasteiger partial charge in [0.1, 0.15) is 0 Å². The Morgan fingerprint density at radius 2 is 2.07 bits per heavy atom. The van der Waals surface area contributed by atoms with Crippen LogP contribution in [0.5, 0.6) is 0 Å². The van der Waals surface area contributed by atoms with Crippen LogP contribution in [0.2, 0.25) is 0 Å². The third kappa shape index (κ3) is 3.98. The van der Waals surface area contributed by atoms with Crippen molar-refractivity contribution in [2.24, 2.45) is 11.3 Å². The minimum absolute atomic E-state index is 0.155. The van der Waals surface area contributed by atoms with Crippen molar-refractivity contribution in [3.8, 4) is 0 Å². The third-order valence-electron chi connectivity index (χ3n) is 6.32. The van der Waals surface area contributed by atoms with Crippen LogP contribution in [0.4, 0.5) is 0 Å². The highest BCUT2D eigenvalue weighted by atomic mass is 16.2. The van der Waals surface area contributed by atoms with Gasteiger partial charge in [0, 0.05) is 44.0 Å². The Hall–Kier alpha value is -2.01. The molecule has 1 saturated carbocycles. The molecule has 1 atom stereocenters. The Labute approximate surface area is 161 Å². The van der Waals surface area contributed by atoms with Crippen molar-refractivity contribution in [2.45, 2.75) is 45.4 Å². The number of carbonyl (C=O) groups excluding carboxylic acids is 1. The maximum atomic E-state index is 13.3. The Morgan fingerprint density at radius 3 is 2.93 bits per heavy atom. The molecule has 2 fully saturated rings. The Morgan fingerprint density at radius 1 is 1.22 bits per heavy atom. The first kappa shape index (κ1) is 18.4. The summed E-state index contributed by atoms with van der Waals surface area (Å²) < 4.78 is 0. The van der Waals surface area contributed by atoms with Crippen LogP contribution in [0, 0.1) is 11.3 Å². The van der Waals surface area contributed by atoms with Gasteiger partial charge in [0.05, 0.1) is 11.0 Å². The Kier molecular flexibility index (Phi) is 5.39. The van der Waals surface area contributed by atoms with Crippen molar-refractivity contribution in [2.75, 3.05) is 26.2 Å². The standard InChI is InChI=1S/C22H30N4O/c1-22(8-3-2-4-9-22)21(27)26-13-12-23-15-17(16-26)14-18-7-11-24-19-6-5-10-25-20(18)19/h5-7,10-11,17,23H,2-4,8-9,12-16H2,1H3/t17-/m0/s1. The number of pyridine rings is 2. The topological polar surface area (TPSA) is 58.1 Å². The molecule has 0 unspecified atom stereocenters. The van der Waals surface area contributed by atoms with Crippen molar-refractivity contribution in [3.05, 3.63) is 36.2 Å². The fraction of sp³-hybridized carbons (Fsp3) is 0.591. The van der Waals surface area contributed by atoms with E-state index in [0.717, 1.165) is 56.5 Å². The third-order valence-corrected chi connectivity index (χ3v) is 6.32. The van der Waals surface area contributed by atoms with Crippen molar-refractivity contribution in [1.82, 2.24) is 20.2 Å². The normalized spacial score (nSPS) is 23.1. The number of carbonyl (C=O) groups is 1. The predicted molar refractivity (Wildman–Crippen MR) is 107 cm³/mol. The van der Waals surface area contributed by atoms with E-state index in [2.05, 4.69) is 33.2 Å². The number of hydrogen-bond donors (Lipinski definition) is 1. The first-order valence-corrected chi connectivity index (χ1v) is 10.3. The van der Waals surface area contributed by atoms with E-state index in [1.807, 2.05) is 24.5 Å². The lowest BCUT2D eigenvalue weighted by atomic mass is 9.74. The van der Waals surface area contributed by atoms with E-state index in [-0.39, 0.29) is 5.41 Å². The number of hydrogen-bond acceptors (Lipinski definition) is 4. The van der Waals surface area contributed by atoms with E-state index >= 15 is 0 Å². The number of aromatic nitrogens is 2. The van der Waals surface area contributed by atoms with Crippen molar-refractivity contribution in [1.29, 1.82) is 0 Å². The van der Waals surface area contributed by atoms with Gasteiger partial charge in [-0.15, -0.1) is 0 Å². The molecule has 1 aliphatic heterocycles. The molecule has 0 spiro atoms. The number of amides is 1. The van der Waals surface area contributed by atoms with Crippen LogP contribution < -0.4 is 5.32 Å². The summed E-state index contributed by atoms with van der Waals surface area (Å²) in [7, 11) is 0. The smallest absolute Gasteiger partial charge is 0.228 e. The van der Waals surface area contributed by atoms with Gasteiger partial charge < -0.3 is 10.2 Å². The van der Waals surface area contributed by atoms with E-state index in [1.165, 1.54) is 24.8 Å². The predicted octanol–water partition coefficient (Wildman–Crippen LogP) is 3.19. The molecule has 1 N–H and O–H groups in total. The molecule has 4 rings (SSSR count). The Bertz CT molecular complexity index is 795. The lowest BCUT2D eigenvalue weighted by Crippen LogP contribution is -2.46. The SMILES string of the molecule is CC1(C(=O)N2CCNC[C@H](Cc3ccnc4cccnc34)C2)CCCCC1. The first-order chi connectivity index (χ1) is 13.2. The summed E-state index contributed by atoms with van der Waals surface area (Å²) in [6.07, 6.45) is 10.4. The van der Waals surface area contributed by atoms with E-state index in [1.54, 1.807) is 0 Å². The molecule has 2 aliphatic rings. The highest BCUT2D eigenvalue weighted by Gasteiger charge is 2.38. The van der Waals surface area contributed by atoms with Crippen molar-refractivity contribution in [3.63, 3.8) is 0 Å². The van der Waals surface area contributed by atoms with Crippen LogP contribution in [0.25, 0.3) is 11.0 Å². The fourth-order valence-electron chi connectivity index (χ4n) is 4.75. The zero-order valence-corrected chi connectivity index (χ0v) is 16.3. The molecular weight excluding hydrogens is 336 g/mol. The summed E-state index contributed by atoms with van der Waals surface area (Å²) in [6, 6.07) is 6.02. The molecule has 2 aromatic heterocycles. The molecule has 0 bridgehead atoms. The average Bonchev–Trinajstić information content (AvgIpc) is 2.94. The highest BCUT2D eigenvalue weighted by molar-refractivity contribution is 5.82. The van der Waals surface area contributed by atoms with Crippen LogP contribution in [0.1, 0.15) is 44.6 Å². The lowest BCUT2D eigenvalue weighted by Gasteiger charge is -2.37. The van der Waals surface area contributed by atoms with Crippen molar-refractivity contribution < 1.29 is 4.79 Å². The summed E-state index contributed by atoms with van der Waals surface area (Å²) in [5.41, 5.74) is 3.00. The van der Waals surface area contributed by atoms with Crippen LogP contribution in [-0.4, -0.2) is 47.0 Å². The van der Waals surface area contributed by atoms with E-state index < -0.39 is 0 Å². The number of nitrogens with zero attached hydrogens (tertiary/aromatic N) is 3. The summed E-state index contributed by atoms with van der Waals surface area (Å²) in [5.74, 6) is 0.768. The van der Waals surface area contributed by atoms with E-state index in [0.29, 0.717) is 11.8 Å². The molecule has 1 amide bonds. The minimum atomic E-state index is -0.155. The second-order valence-corrected chi connectivity index (χ2v) is 8.49. The Balaban J connectivity index is 1.50. The van der Waals surface area contributed by atoms with Crippen molar-refractivity contribution >= 4 is 16.9 Å². The van der Waals surface area contributed by atoms with Crippen LogP contribution >= 0.6 is 0 Å². The molecule has 0 aromatic carbocycles. The monoisotopic (exact) mass is 366 g/mol. The highest BCUT2D eigenvalue weighted by Crippen LogP contribution is 2.37. The van der Waals surface area contributed by atoms with Crippen LogP contribution in [-0.2, 0) is 11.2 Å². The molecule has 2 aromatic rings. The van der Waals surface area contributed by atoms with Gasteiger partial charge in [-0.3, -0.25) is 14.8 Å². The van der Waals surface area contributed by atoms with E-state index in [4.69, 9.17) is 0 Å². The molecule has 27 heavy (non-hydrogen) atoms. The zero-order chi connectivity index (χ0) is 18.7. The molecule has 1 aliphatic carbocycles.